The van der Waals surface area contributed by atoms with Crippen molar-refractivity contribution in [2.75, 3.05) is 20.3 Å². The fourth-order valence-electron chi connectivity index (χ4n) is 0.980. The van der Waals surface area contributed by atoms with E-state index in [1.807, 2.05) is 0 Å². The Kier molecular flexibility index (Phi) is 3.99. The minimum absolute atomic E-state index is 0.124. The van der Waals surface area contributed by atoms with Crippen LogP contribution in [0.2, 0.25) is 0 Å². The maximum Gasteiger partial charge on any atom is 0.276 e. The fourth-order valence-corrected chi connectivity index (χ4v) is 0.980. The zero-order valence-electron chi connectivity index (χ0n) is 8.10. The molecule has 1 aromatic rings. The van der Waals surface area contributed by atoms with E-state index in [0.29, 0.717) is 6.61 Å². The Balaban J connectivity index is 2.75. The van der Waals surface area contributed by atoms with Gasteiger partial charge in [-0.2, -0.15) is 0 Å². The first-order chi connectivity index (χ1) is 7.13. The normalized spacial score (nSPS) is 10.0. The SMILES string of the molecule is COCCOc1cc(F)cc([N+](=O)[O-])c1. The van der Waals surface area contributed by atoms with E-state index in [0.717, 1.165) is 12.1 Å². The number of nitrogens with zero attached hydrogens (tertiary/aromatic N) is 1. The van der Waals surface area contributed by atoms with E-state index in [2.05, 4.69) is 0 Å². The van der Waals surface area contributed by atoms with E-state index in [4.69, 9.17) is 9.47 Å². The molecule has 1 rings (SSSR count). The molecule has 15 heavy (non-hydrogen) atoms. The van der Waals surface area contributed by atoms with Crippen LogP contribution in [0.15, 0.2) is 18.2 Å². The van der Waals surface area contributed by atoms with Gasteiger partial charge in [-0.3, -0.25) is 10.1 Å². The highest BCUT2D eigenvalue weighted by molar-refractivity contribution is 5.38. The van der Waals surface area contributed by atoms with E-state index in [-0.39, 0.29) is 18.0 Å². The van der Waals surface area contributed by atoms with Gasteiger partial charge in [0.05, 0.1) is 23.7 Å². The molecule has 0 unspecified atom stereocenters. The molecule has 0 N–H and O–H groups in total. The van der Waals surface area contributed by atoms with Crippen LogP contribution in [0, 0.1) is 15.9 Å². The molecule has 82 valence electrons. The Morgan fingerprint density at radius 3 is 2.73 bits per heavy atom. The van der Waals surface area contributed by atoms with Crippen LogP contribution in [-0.4, -0.2) is 25.2 Å². The van der Waals surface area contributed by atoms with Crippen molar-refractivity contribution in [1.82, 2.24) is 0 Å². The van der Waals surface area contributed by atoms with Gasteiger partial charge < -0.3 is 9.47 Å². The van der Waals surface area contributed by atoms with Crippen LogP contribution >= 0.6 is 0 Å². The van der Waals surface area contributed by atoms with Crippen LogP contribution in [-0.2, 0) is 4.74 Å². The maximum absolute atomic E-state index is 12.9. The minimum Gasteiger partial charge on any atom is -0.491 e. The smallest absolute Gasteiger partial charge is 0.276 e. The van der Waals surface area contributed by atoms with Crippen LogP contribution in [0.3, 0.4) is 0 Å². The second-order valence-electron chi connectivity index (χ2n) is 2.74. The van der Waals surface area contributed by atoms with Crippen molar-refractivity contribution in [1.29, 1.82) is 0 Å². The fraction of sp³-hybridized carbons (Fsp3) is 0.333. The molecule has 0 radical (unpaired) electrons. The molecule has 5 nitrogen and oxygen atoms in total. The van der Waals surface area contributed by atoms with Crippen molar-refractivity contribution in [3.8, 4) is 5.75 Å². The summed E-state index contributed by atoms with van der Waals surface area (Å²) in [5.74, 6) is -0.574. The largest absolute Gasteiger partial charge is 0.491 e. The molecule has 0 aliphatic carbocycles. The molecule has 0 aliphatic rings. The number of hydrogen-bond acceptors (Lipinski definition) is 4. The highest BCUT2D eigenvalue weighted by Gasteiger charge is 2.10. The van der Waals surface area contributed by atoms with Gasteiger partial charge in [0.25, 0.3) is 5.69 Å². The van der Waals surface area contributed by atoms with Crippen molar-refractivity contribution < 1.29 is 18.8 Å². The van der Waals surface area contributed by atoms with Crippen molar-refractivity contribution >= 4 is 5.69 Å². The summed E-state index contributed by atoms with van der Waals surface area (Å²) >= 11 is 0. The summed E-state index contributed by atoms with van der Waals surface area (Å²) < 4.78 is 22.6. The van der Waals surface area contributed by atoms with Gasteiger partial charge in [0.1, 0.15) is 18.2 Å². The topological polar surface area (TPSA) is 61.6 Å². The lowest BCUT2D eigenvalue weighted by molar-refractivity contribution is -0.385. The third kappa shape index (κ3) is 3.51. The number of benzene rings is 1. The standard InChI is InChI=1S/C9H10FNO4/c1-14-2-3-15-9-5-7(10)4-8(6-9)11(12)13/h4-6H,2-3H2,1H3. The average Bonchev–Trinajstić information content (AvgIpc) is 2.17. The van der Waals surface area contributed by atoms with Gasteiger partial charge >= 0.3 is 0 Å². The first-order valence-corrected chi connectivity index (χ1v) is 4.20. The molecule has 0 aromatic heterocycles. The summed E-state index contributed by atoms with van der Waals surface area (Å²) in [6.07, 6.45) is 0. The highest BCUT2D eigenvalue weighted by atomic mass is 19.1. The molecule has 0 amide bonds. The van der Waals surface area contributed by atoms with Crippen LogP contribution in [0.4, 0.5) is 10.1 Å². The van der Waals surface area contributed by atoms with Crippen molar-refractivity contribution in [2.45, 2.75) is 0 Å². The van der Waals surface area contributed by atoms with Crippen molar-refractivity contribution in [3.05, 3.63) is 34.1 Å². The summed E-state index contributed by atoms with van der Waals surface area (Å²) in [5.41, 5.74) is -0.331. The zero-order chi connectivity index (χ0) is 11.3. The number of hydrogen-bond donors (Lipinski definition) is 0. The first-order valence-electron chi connectivity index (χ1n) is 4.20. The summed E-state index contributed by atoms with van der Waals surface area (Å²) in [5, 5.41) is 10.4. The number of non-ortho nitro benzene ring substituents is 1. The summed E-state index contributed by atoms with van der Waals surface area (Å²) in [4.78, 5) is 9.72. The summed E-state index contributed by atoms with van der Waals surface area (Å²) in [7, 11) is 1.50. The number of methoxy groups -OCH3 is 1. The van der Waals surface area contributed by atoms with Crippen LogP contribution in [0.25, 0.3) is 0 Å². The van der Waals surface area contributed by atoms with Gasteiger partial charge in [0.2, 0.25) is 0 Å². The van der Waals surface area contributed by atoms with Crippen LogP contribution in [0.1, 0.15) is 0 Å². The third-order valence-corrected chi connectivity index (χ3v) is 1.62. The second-order valence-corrected chi connectivity index (χ2v) is 2.74. The maximum atomic E-state index is 12.9. The number of nitro groups is 1. The van der Waals surface area contributed by atoms with E-state index >= 15 is 0 Å². The molecule has 0 atom stereocenters. The number of nitro benzene ring substituents is 1. The van der Waals surface area contributed by atoms with Crippen molar-refractivity contribution in [2.24, 2.45) is 0 Å². The first kappa shape index (κ1) is 11.4. The van der Waals surface area contributed by atoms with Gasteiger partial charge in [-0.05, 0) is 0 Å². The lowest BCUT2D eigenvalue weighted by Gasteiger charge is -2.04. The Morgan fingerprint density at radius 2 is 2.13 bits per heavy atom. The molecule has 0 heterocycles. The highest BCUT2D eigenvalue weighted by Crippen LogP contribution is 2.21. The number of ether oxygens (including phenoxy) is 2. The van der Waals surface area contributed by atoms with E-state index in [1.165, 1.54) is 13.2 Å². The van der Waals surface area contributed by atoms with Gasteiger partial charge in [-0.25, -0.2) is 4.39 Å². The number of halogens is 1. The third-order valence-electron chi connectivity index (χ3n) is 1.62. The predicted molar refractivity (Wildman–Crippen MR) is 50.4 cm³/mol. The minimum atomic E-state index is -0.698. The molecular formula is C9H10FNO4. The molecule has 1 aromatic carbocycles. The predicted octanol–water partition coefficient (Wildman–Crippen LogP) is 1.76. The van der Waals surface area contributed by atoms with Crippen molar-refractivity contribution in [3.63, 3.8) is 0 Å². The Hall–Kier alpha value is -1.69. The molecular weight excluding hydrogens is 205 g/mol. The Morgan fingerprint density at radius 1 is 1.40 bits per heavy atom. The molecule has 0 spiro atoms. The number of rotatable bonds is 5. The van der Waals surface area contributed by atoms with E-state index < -0.39 is 10.7 Å². The molecule has 6 heteroatoms. The lowest BCUT2D eigenvalue weighted by atomic mass is 10.3. The monoisotopic (exact) mass is 215 g/mol. The molecule has 0 bridgehead atoms. The van der Waals surface area contributed by atoms with E-state index in [1.54, 1.807) is 0 Å². The summed E-state index contributed by atoms with van der Waals surface area (Å²) in [6.45, 7) is 0.557. The molecule has 0 aliphatic heterocycles. The van der Waals surface area contributed by atoms with Gasteiger partial charge in [-0.1, -0.05) is 0 Å². The molecule has 0 saturated carbocycles. The molecule has 0 fully saturated rings. The Labute approximate surface area is 85.6 Å². The van der Waals surface area contributed by atoms with E-state index in [9.17, 15) is 14.5 Å². The zero-order valence-corrected chi connectivity index (χ0v) is 8.10. The quantitative estimate of drug-likeness (QED) is 0.426. The second kappa shape index (κ2) is 5.26. The van der Waals surface area contributed by atoms with Crippen LogP contribution in [0.5, 0.6) is 5.75 Å². The lowest BCUT2D eigenvalue weighted by Crippen LogP contribution is -2.04. The Bertz CT molecular complexity index is 356. The van der Waals surface area contributed by atoms with Gasteiger partial charge in [0, 0.05) is 13.2 Å². The average molecular weight is 215 g/mol. The van der Waals surface area contributed by atoms with Crippen LogP contribution < -0.4 is 4.74 Å². The molecule has 0 saturated heterocycles. The summed E-state index contributed by atoms with van der Waals surface area (Å²) in [6, 6.07) is 3.09. The van der Waals surface area contributed by atoms with Gasteiger partial charge in [0.15, 0.2) is 0 Å². The van der Waals surface area contributed by atoms with Gasteiger partial charge in [-0.15, -0.1) is 0 Å².